The van der Waals surface area contributed by atoms with Crippen LogP contribution in [-0.4, -0.2) is 23.0 Å². The van der Waals surface area contributed by atoms with Gasteiger partial charge in [-0.25, -0.2) is 0 Å². The molecule has 5 heteroatoms. The Kier molecular flexibility index (Phi) is 6.59. The van der Waals surface area contributed by atoms with Gasteiger partial charge in [0, 0.05) is 12.5 Å². The van der Waals surface area contributed by atoms with Crippen LogP contribution in [0.3, 0.4) is 0 Å². The molecule has 0 spiro atoms. The van der Waals surface area contributed by atoms with E-state index in [1.165, 1.54) is 0 Å². The summed E-state index contributed by atoms with van der Waals surface area (Å²) in [6.45, 7) is 3.86. The highest BCUT2D eigenvalue weighted by atomic mass is 35.5. The van der Waals surface area contributed by atoms with Gasteiger partial charge in [0.1, 0.15) is 0 Å². The first kappa shape index (κ1) is 19.0. The largest absolute Gasteiger partial charge is 0.481 e. The summed E-state index contributed by atoms with van der Waals surface area (Å²) in [5, 5.41) is 12.3. The first-order valence-corrected chi connectivity index (χ1v) is 8.58. The first-order valence-electron chi connectivity index (χ1n) is 8.20. The summed E-state index contributed by atoms with van der Waals surface area (Å²) in [6.07, 6.45) is 0.930. The van der Waals surface area contributed by atoms with Crippen molar-refractivity contribution >= 4 is 23.5 Å². The van der Waals surface area contributed by atoms with Gasteiger partial charge in [-0.05, 0) is 55.5 Å². The van der Waals surface area contributed by atoms with Crippen molar-refractivity contribution in [3.8, 4) is 0 Å². The minimum atomic E-state index is -0.878. The molecule has 0 aliphatic carbocycles. The van der Waals surface area contributed by atoms with Crippen LogP contribution in [0.5, 0.6) is 0 Å². The van der Waals surface area contributed by atoms with Crippen LogP contribution in [0.25, 0.3) is 0 Å². The number of nitrogens with one attached hydrogen (secondary N) is 1. The average Bonchev–Trinajstić information content (AvgIpc) is 2.56. The van der Waals surface area contributed by atoms with Crippen LogP contribution in [0.2, 0.25) is 5.02 Å². The van der Waals surface area contributed by atoms with Gasteiger partial charge >= 0.3 is 5.97 Å². The monoisotopic (exact) mass is 359 g/mol. The average molecular weight is 360 g/mol. The molecular weight excluding hydrogens is 338 g/mol. The Morgan fingerprint density at radius 2 is 1.76 bits per heavy atom. The van der Waals surface area contributed by atoms with E-state index >= 15 is 0 Å². The lowest BCUT2D eigenvalue weighted by molar-refractivity contribution is -0.137. The summed E-state index contributed by atoms with van der Waals surface area (Å²) in [5.74, 6) is -1.16. The number of aliphatic carboxylic acids is 1. The summed E-state index contributed by atoms with van der Waals surface area (Å²) in [6, 6.07) is 13.0. The number of benzene rings is 2. The van der Waals surface area contributed by atoms with Gasteiger partial charge in [-0.1, -0.05) is 41.9 Å². The molecule has 1 unspecified atom stereocenters. The Morgan fingerprint density at radius 3 is 2.40 bits per heavy atom. The van der Waals surface area contributed by atoms with Crippen molar-refractivity contribution in [2.75, 3.05) is 0 Å². The van der Waals surface area contributed by atoms with Crippen LogP contribution >= 0.6 is 11.6 Å². The normalized spacial score (nSPS) is 11.8. The second-order valence-electron chi connectivity index (χ2n) is 6.21. The standard InChI is InChI=1S/C20H22ClNO3/c1-13-10-17(18(21)11-14(13)2)20(25)22-16(8-9-19(23)24)12-15-6-4-3-5-7-15/h3-7,10-11,16H,8-9,12H2,1-2H3,(H,22,25)(H,23,24). The zero-order valence-electron chi connectivity index (χ0n) is 14.4. The second-order valence-corrected chi connectivity index (χ2v) is 6.62. The Bertz CT molecular complexity index is 759. The van der Waals surface area contributed by atoms with Gasteiger partial charge in [0.05, 0.1) is 10.6 Å². The molecule has 0 fully saturated rings. The van der Waals surface area contributed by atoms with Gasteiger partial charge in [-0.15, -0.1) is 0 Å². The van der Waals surface area contributed by atoms with E-state index in [9.17, 15) is 9.59 Å². The molecule has 0 aliphatic heterocycles. The van der Waals surface area contributed by atoms with E-state index in [0.717, 1.165) is 16.7 Å². The molecule has 0 bridgehead atoms. The Labute approximate surface area is 152 Å². The molecule has 4 nitrogen and oxygen atoms in total. The van der Waals surface area contributed by atoms with E-state index in [1.54, 1.807) is 12.1 Å². The highest BCUT2D eigenvalue weighted by Crippen LogP contribution is 2.21. The Morgan fingerprint density at radius 1 is 1.12 bits per heavy atom. The zero-order chi connectivity index (χ0) is 18.4. The molecule has 2 aromatic rings. The van der Waals surface area contributed by atoms with Gasteiger partial charge in [0.2, 0.25) is 0 Å². The predicted octanol–water partition coefficient (Wildman–Crippen LogP) is 4.16. The number of amides is 1. The van der Waals surface area contributed by atoms with Crippen LogP contribution in [0.1, 0.15) is 39.9 Å². The number of carboxylic acid groups (broad SMARTS) is 1. The molecule has 0 saturated heterocycles. The number of rotatable bonds is 7. The van der Waals surface area contributed by atoms with Crippen molar-refractivity contribution in [2.45, 2.75) is 39.2 Å². The van der Waals surface area contributed by atoms with E-state index in [2.05, 4.69) is 5.32 Å². The van der Waals surface area contributed by atoms with Crippen molar-refractivity contribution in [1.29, 1.82) is 0 Å². The van der Waals surface area contributed by atoms with Crippen molar-refractivity contribution in [3.63, 3.8) is 0 Å². The number of carbonyl (C=O) groups is 2. The molecule has 1 atom stereocenters. The van der Waals surface area contributed by atoms with Gasteiger partial charge in [-0.2, -0.15) is 0 Å². The van der Waals surface area contributed by atoms with Crippen LogP contribution in [0.4, 0.5) is 0 Å². The minimum absolute atomic E-state index is 0.00155. The lowest BCUT2D eigenvalue weighted by atomic mass is 10.0. The van der Waals surface area contributed by atoms with E-state index in [0.29, 0.717) is 23.4 Å². The maximum Gasteiger partial charge on any atom is 0.303 e. The summed E-state index contributed by atoms with van der Waals surface area (Å²) in [4.78, 5) is 23.5. The third kappa shape index (κ3) is 5.61. The minimum Gasteiger partial charge on any atom is -0.481 e. The van der Waals surface area contributed by atoms with Crippen LogP contribution in [0.15, 0.2) is 42.5 Å². The zero-order valence-corrected chi connectivity index (χ0v) is 15.1. The van der Waals surface area contributed by atoms with E-state index in [1.807, 2.05) is 44.2 Å². The summed E-state index contributed by atoms with van der Waals surface area (Å²) in [5.41, 5.74) is 3.47. The number of halogens is 1. The fraction of sp³-hybridized carbons (Fsp3) is 0.300. The molecular formula is C20H22ClNO3. The molecule has 1 amide bonds. The molecule has 132 valence electrons. The molecule has 2 N–H and O–H groups in total. The van der Waals surface area contributed by atoms with Gasteiger partial charge < -0.3 is 10.4 Å². The van der Waals surface area contributed by atoms with Crippen molar-refractivity contribution in [1.82, 2.24) is 5.32 Å². The highest BCUT2D eigenvalue weighted by molar-refractivity contribution is 6.34. The van der Waals surface area contributed by atoms with E-state index in [-0.39, 0.29) is 18.4 Å². The molecule has 0 radical (unpaired) electrons. The molecule has 0 aliphatic rings. The maximum atomic E-state index is 12.6. The summed E-state index contributed by atoms with van der Waals surface area (Å²) < 4.78 is 0. The van der Waals surface area contributed by atoms with Crippen LogP contribution < -0.4 is 5.32 Å². The van der Waals surface area contributed by atoms with Crippen molar-refractivity contribution < 1.29 is 14.7 Å². The van der Waals surface area contributed by atoms with E-state index < -0.39 is 5.97 Å². The summed E-state index contributed by atoms with van der Waals surface area (Å²) >= 11 is 6.21. The number of aryl methyl sites for hydroxylation is 2. The molecule has 0 heterocycles. The Hall–Kier alpha value is -2.33. The quantitative estimate of drug-likeness (QED) is 0.780. The molecule has 0 aromatic heterocycles. The molecule has 2 rings (SSSR count). The molecule has 2 aromatic carbocycles. The topological polar surface area (TPSA) is 66.4 Å². The van der Waals surface area contributed by atoms with Gasteiger partial charge in [0.25, 0.3) is 5.91 Å². The number of hydrogen-bond acceptors (Lipinski definition) is 2. The third-order valence-corrected chi connectivity index (χ3v) is 4.51. The fourth-order valence-electron chi connectivity index (χ4n) is 2.64. The second kappa shape index (κ2) is 8.67. The van der Waals surface area contributed by atoms with Crippen LogP contribution in [-0.2, 0) is 11.2 Å². The number of carboxylic acids is 1. The predicted molar refractivity (Wildman–Crippen MR) is 99.2 cm³/mol. The van der Waals surface area contributed by atoms with E-state index in [4.69, 9.17) is 16.7 Å². The molecule has 25 heavy (non-hydrogen) atoms. The Balaban J connectivity index is 2.15. The number of hydrogen-bond donors (Lipinski definition) is 2. The first-order chi connectivity index (χ1) is 11.9. The molecule has 0 saturated carbocycles. The van der Waals surface area contributed by atoms with Crippen molar-refractivity contribution in [2.24, 2.45) is 0 Å². The van der Waals surface area contributed by atoms with Crippen molar-refractivity contribution in [3.05, 3.63) is 69.7 Å². The van der Waals surface area contributed by atoms with Gasteiger partial charge in [0.15, 0.2) is 0 Å². The fourth-order valence-corrected chi connectivity index (χ4v) is 2.94. The number of carbonyl (C=O) groups excluding carboxylic acids is 1. The smallest absolute Gasteiger partial charge is 0.303 e. The van der Waals surface area contributed by atoms with Gasteiger partial charge in [-0.3, -0.25) is 9.59 Å². The SMILES string of the molecule is Cc1cc(Cl)c(C(=O)NC(CCC(=O)O)Cc2ccccc2)cc1C. The van der Waals surface area contributed by atoms with Crippen LogP contribution in [0, 0.1) is 13.8 Å². The maximum absolute atomic E-state index is 12.6. The lowest BCUT2D eigenvalue weighted by Gasteiger charge is -2.19. The lowest BCUT2D eigenvalue weighted by Crippen LogP contribution is -2.37. The highest BCUT2D eigenvalue weighted by Gasteiger charge is 2.18. The summed E-state index contributed by atoms with van der Waals surface area (Å²) in [7, 11) is 0. The third-order valence-electron chi connectivity index (χ3n) is 4.19.